The lowest BCUT2D eigenvalue weighted by molar-refractivity contribution is -0.132. The molecule has 0 aliphatic rings. The lowest BCUT2D eigenvalue weighted by atomic mass is 10.2. The first-order chi connectivity index (χ1) is 11.7. The van der Waals surface area contributed by atoms with Gasteiger partial charge in [0, 0.05) is 0 Å². The van der Waals surface area contributed by atoms with E-state index in [-0.39, 0.29) is 5.71 Å². The van der Waals surface area contributed by atoms with E-state index in [1.807, 2.05) is 24.3 Å². The molecule has 0 unspecified atom stereocenters. The van der Waals surface area contributed by atoms with E-state index in [9.17, 15) is 4.79 Å². The molecule has 0 saturated carbocycles. The molecule has 0 amide bonds. The van der Waals surface area contributed by atoms with Crippen LogP contribution in [0.4, 0.5) is 5.69 Å². The van der Waals surface area contributed by atoms with Gasteiger partial charge in [0.1, 0.15) is 17.2 Å². The number of esters is 1. The van der Waals surface area contributed by atoms with Crippen molar-refractivity contribution in [3.63, 3.8) is 0 Å². The molecular weight excluding hydrogens is 306 g/mol. The zero-order chi connectivity index (χ0) is 17.4. The number of benzene rings is 2. The highest BCUT2D eigenvalue weighted by Crippen LogP contribution is 2.18. The number of methoxy groups -OCH3 is 3. The van der Waals surface area contributed by atoms with Crippen LogP contribution in [0.1, 0.15) is 5.56 Å². The molecular formula is C19H19NO4. The van der Waals surface area contributed by atoms with Crippen LogP contribution in [-0.2, 0) is 9.53 Å². The average Bonchev–Trinajstić information content (AvgIpc) is 2.65. The summed E-state index contributed by atoms with van der Waals surface area (Å²) in [5.74, 6) is 0.991. The summed E-state index contributed by atoms with van der Waals surface area (Å²) in [5, 5.41) is 0. The Morgan fingerprint density at radius 1 is 0.875 bits per heavy atom. The summed E-state index contributed by atoms with van der Waals surface area (Å²) in [6.45, 7) is 0. The van der Waals surface area contributed by atoms with E-state index in [0.29, 0.717) is 5.69 Å². The van der Waals surface area contributed by atoms with Gasteiger partial charge in [-0.3, -0.25) is 0 Å². The summed E-state index contributed by atoms with van der Waals surface area (Å²) < 4.78 is 15.0. The molecule has 0 aliphatic carbocycles. The second-order valence-electron chi connectivity index (χ2n) is 4.79. The van der Waals surface area contributed by atoms with Crippen molar-refractivity contribution in [3.8, 4) is 11.5 Å². The lowest BCUT2D eigenvalue weighted by Gasteiger charge is -2.02. The molecule has 0 bridgehead atoms. The molecule has 0 radical (unpaired) electrons. The van der Waals surface area contributed by atoms with E-state index in [0.717, 1.165) is 17.1 Å². The van der Waals surface area contributed by atoms with Crippen LogP contribution >= 0.6 is 0 Å². The van der Waals surface area contributed by atoms with E-state index in [4.69, 9.17) is 14.2 Å². The van der Waals surface area contributed by atoms with Gasteiger partial charge in [0.15, 0.2) is 0 Å². The minimum Gasteiger partial charge on any atom is -0.497 e. The molecule has 0 heterocycles. The molecule has 0 fully saturated rings. The zero-order valence-corrected chi connectivity index (χ0v) is 13.9. The Labute approximate surface area is 141 Å². The molecule has 24 heavy (non-hydrogen) atoms. The van der Waals surface area contributed by atoms with Crippen molar-refractivity contribution in [3.05, 3.63) is 60.2 Å². The summed E-state index contributed by atoms with van der Waals surface area (Å²) in [7, 11) is 4.53. The summed E-state index contributed by atoms with van der Waals surface area (Å²) in [6.07, 6.45) is 3.41. The maximum Gasteiger partial charge on any atom is 0.356 e. The number of hydrogen-bond acceptors (Lipinski definition) is 5. The van der Waals surface area contributed by atoms with Crippen molar-refractivity contribution in [2.45, 2.75) is 0 Å². The number of carbonyl (C=O) groups excluding carboxylic acids is 1. The fraction of sp³-hybridized carbons (Fsp3) is 0.158. The second-order valence-corrected chi connectivity index (χ2v) is 4.79. The highest BCUT2D eigenvalue weighted by molar-refractivity contribution is 6.42. The Hall–Kier alpha value is -3.08. The number of ether oxygens (including phenoxy) is 3. The monoisotopic (exact) mass is 325 g/mol. The summed E-state index contributed by atoms with van der Waals surface area (Å²) >= 11 is 0. The van der Waals surface area contributed by atoms with Crippen molar-refractivity contribution in [2.75, 3.05) is 21.3 Å². The number of carbonyl (C=O) groups is 1. The quantitative estimate of drug-likeness (QED) is 0.601. The molecule has 2 aromatic rings. The van der Waals surface area contributed by atoms with E-state index >= 15 is 0 Å². The van der Waals surface area contributed by atoms with Gasteiger partial charge in [0.25, 0.3) is 0 Å². The normalized spacial score (nSPS) is 11.4. The highest BCUT2D eigenvalue weighted by Gasteiger charge is 2.08. The largest absolute Gasteiger partial charge is 0.497 e. The number of nitrogens with zero attached hydrogens (tertiary/aromatic N) is 1. The van der Waals surface area contributed by atoms with Crippen LogP contribution in [0.3, 0.4) is 0 Å². The number of aliphatic imine (C=N–C) groups is 1. The summed E-state index contributed by atoms with van der Waals surface area (Å²) in [5.41, 5.74) is 1.76. The van der Waals surface area contributed by atoms with Gasteiger partial charge in [-0.25, -0.2) is 9.79 Å². The fourth-order valence-corrected chi connectivity index (χ4v) is 1.94. The molecule has 2 aromatic carbocycles. The minimum absolute atomic E-state index is 0.207. The maximum atomic E-state index is 11.9. The van der Waals surface area contributed by atoms with Crippen LogP contribution in [0.15, 0.2) is 59.6 Å². The van der Waals surface area contributed by atoms with Crippen LogP contribution in [0, 0.1) is 0 Å². The molecule has 0 atom stereocenters. The summed E-state index contributed by atoms with van der Waals surface area (Å²) in [6, 6.07) is 14.6. The van der Waals surface area contributed by atoms with Crippen LogP contribution in [-0.4, -0.2) is 33.0 Å². The first-order valence-electron chi connectivity index (χ1n) is 7.29. The number of rotatable bonds is 6. The first kappa shape index (κ1) is 17.3. The third-order valence-corrected chi connectivity index (χ3v) is 3.27. The molecule has 5 heteroatoms. The predicted molar refractivity (Wildman–Crippen MR) is 94.1 cm³/mol. The van der Waals surface area contributed by atoms with Crippen molar-refractivity contribution in [2.24, 2.45) is 4.99 Å². The number of hydrogen-bond donors (Lipinski definition) is 0. The van der Waals surface area contributed by atoms with Gasteiger partial charge >= 0.3 is 5.97 Å². The maximum absolute atomic E-state index is 11.9. The SMILES string of the molecule is COC(=O)C(/C=C/c1ccc(OC)cc1)=Nc1ccc(OC)cc1. The Morgan fingerprint density at radius 3 is 1.92 bits per heavy atom. The van der Waals surface area contributed by atoms with Gasteiger partial charge in [0.2, 0.25) is 0 Å². The van der Waals surface area contributed by atoms with Crippen molar-refractivity contribution >= 4 is 23.4 Å². The Kier molecular flexibility index (Phi) is 6.14. The third kappa shape index (κ3) is 4.71. The fourth-order valence-electron chi connectivity index (χ4n) is 1.94. The smallest absolute Gasteiger partial charge is 0.356 e. The molecule has 0 N–H and O–H groups in total. The van der Waals surface area contributed by atoms with Gasteiger partial charge in [0.05, 0.1) is 27.0 Å². The van der Waals surface area contributed by atoms with Crippen molar-refractivity contribution < 1.29 is 19.0 Å². The van der Waals surface area contributed by atoms with E-state index < -0.39 is 5.97 Å². The first-order valence-corrected chi connectivity index (χ1v) is 7.29. The van der Waals surface area contributed by atoms with Gasteiger partial charge < -0.3 is 14.2 Å². The van der Waals surface area contributed by atoms with E-state index in [1.54, 1.807) is 50.6 Å². The van der Waals surface area contributed by atoms with Crippen molar-refractivity contribution in [1.29, 1.82) is 0 Å². The van der Waals surface area contributed by atoms with E-state index in [2.05, 4.69) is 4.99 Å². The van der Waals surface area contributed by atoms with Gasteiger partial charge in [-0.05, 0) is 48.0 Å². The molecule has 0 saturated heterocycles. The van der Waals surface area contributed by atoms with Gasteiger partial charge in [-0.2, -0.15) is 0 Å². The topological polar surface area (TPSA) is 57.1 Å². The lowest BCUT2D eigenvalue weighted by Crippen LogP contribution is -2.12. The molecule has 124 valence electrons. The van der Waals surface area contributed by atoms with Crippen LogP contribution < -0.4 is 9.47 Å². The predicted octanol–water partition coefficient (Wildman–Crippen LogP) is 3.66. The zero-order valence-electron chi connectivity index (χ0n) is 13.9. The highest BCUT2D eigenvalue weighted by atomic mass is 16.5. The Balaban J connectivity index is 2.24. The van der Waals surface area contributed by atoms with Crippen molar-refractivity contribution in [1.82, 2.24) is 0 Å². The van der Waals surface area contributed by atoms with Crippen LogP contribution in [0.5, 0.6) is 11.5 Å². The molecule has 0 aromatic heterocycles. The molecule has 2 rings (SSSR count). The van der Waals surface area contributed by atoms with Gasteiger partial charge in [-0.1, -0.05) is 18.2 Å². The van der Waals surface area contributed by atoms with Crippen LogP contribution in [0.2, 0.25) is 0 Å². The Bertz CT molecular complexity index is 731. The summed E-state index contributed by atoms with van der Waals surface area (Å²) in [4.78, 5) is 16.2. The molecule has 5 nitrogen and oxygen atoms in total. The minimum atomic E-state index is -0.504. The Morgan fingerprint density at radius 2 is 1.42 bits per heavy atom. The van der Waals surface area contributed by atoms with Crippen LogP contribution in [0.25, 0.3) is 6.08 Å². The molecule has 0 aliphatic heterocycles. The standard InChI is InChI=1S/C19H19NO4/c1-22-16-9-4-14(5-10-16)6-13-18(19(21)24-3)20-15-7-11-17(23-2)12-8-15/h4-13H,1-3H3/b13-6+,20-18?. The second kappa shape index (κ2) is 8.53. The molecule has 0 spiro atoms. The van der Waals surface area contributed by atoms with E-state index in [1.165, 1.54) is 7.11 Å². The van der Waals surface area contributed by atoms with Gasteiger partial charge in [-0.15, -0.1) is 0 Å². The average molecular weight is 325 g/mol. The third-order valence-electron chi connectivity index (χ3n) is 3.27.